The largest absolute Gasteiger partial charge is 0.424 e. The molecule has 0 fully saturated rings. The van der Waals surface area contributed by atoms with Gasteiger partial charge in [-0.15, -0.1) is 10.2 Å². The fourth-order valence-corrected chi connectivity index (χ4v) is 3.86. The zero-order chi connectivity index (χ0) is 26.6. The van der Waals surface area contributed by atoms with Crippen molar-refractivity contribution in [2.45, 2.75) is 13.5 Å². The standard InChI is InChI=1S/C26H19ClFN7O3/c1-15-32-33-24(38-15)14-30-26(37)22-13-23(35(34-22)16-7-3-2-4-8-16)31-25(36)17-11-18(20(28)12-19(17)27)21-9-5-6-10-29-21/h2-13H,14H2,1H3,(H,30,37)(H,31,36). The van der Waals surface area contributed by atoms with Crippen molar-refractivity contribution in [2.24, 2.45) is 0 Å². The lowest BCUT2D eigenvalue weighted by atomic mass is 10.1. The van der Waals surface area contributed by atoms with E-state index in [9.17, 15) is 14.0 Å². The molecule has 0 saturated carbocycles. The Labute approximate surface area is 220 Å². The van der Waals surface area contributed by atoms with E-state index in [2.05, 4.69) is 30.9 Å². The third-order valence-corrected chi connectivity index (χ3v) is 5.71. The van der Waals surface area contributed by atoms with Gasteiger partial charge in [-0.05, 0) is 36.4 Å². The monoisotopic (exact) mass is 531 g/mol. The summed E-state index contributed by atoms with van der Waals surface area (Å²) in [7, 11) is 0. The molecule has 0 bridgehead atoms. The molecule has 0 aliphatic heterocycles. The molecule has 38 heavy (non-hydrogen) atoms. The van der Waals surface area contributed by atoms with E-state index >= 15 is 0 Å². The van der Waals surface area contributed by atoms with Crippen LogP contribution in [0.1, 0.15) is 32.6 Å². The van der Waals surface area contributed by atoms with Crippen LogP contribution >= 0.6 is 11.6 Å². The first-order valence-corrected chi connectivity index (χ1v) is 11.7. The number of aromatic nitrogens is 5. The van der Waals surface area contributed by atoms with Crippen molar-refractivity contribution < 1.29 is 18.4 Å². The smallest absolute Gasteiger partial charge is 0.272 e. The number of benzene rings is 2. The van der Waals surface area contributed by atoms with Crippen LogP contribution in [-0.4, -0.2) is 36.8 Å². The topological polar surface area (TPSA) is 128 Å². The highest BCUT2D eigenvalue weighted by Crippen LogP contribution is 2.28. The number of nitrogens with zero attached hydrogens (tertiary/aromatic N) is 5. The van der Waals surface area contributed by atoms with Crippen molar-refractivity contribution in [3.63, 3.8) is 0 Å². The molecule has 2 amide bonds. The van der Waals surface area contributed by atoms with Crippen LogP contribution < -0.4 is 10.6 Å². The van der Waals surface area contributed by atoms with Crippen molar-refractivity contribution in [3.8, 4) is 16.9 Å². The highest BCUT2D eigenvalue weighted by molar-refractivity contribution is 6.34. The van der Waals surface area contributed by atoms with Gasteiger partial charge in [0.15, 0.2) is 5.69 Å². The van der Waals surface area contributed by atoms with Crippen LogP contribution in [-0.2, 0) is 6.54 Å². The van der Waals surface area contributed by atoms with Gasteiger partial charge in [0.05, 0.1) is 28.5 Å². The van der Waals surface area contributed by atoms with Crippen LogP contribution in [0.4, 0.5) is 10.2 Å². The second kappa shape index (κ2) is 10.6. The van der Waals surface area contributed by atoms with Gasteiger partial charge in [0.1, 0.15) is 11.6 Å². The fraction of sp³-hybridized carbons (Fsp3) is 0.0769. The van der Waals surface area contributed by atoms with E-state index in [4.69, 9.17) is 16.0 Å². The summed E-state index contributed by atoms with van der Waals surface area (Å²) >= 11 is 6.24. The van der Waals surface area contributed by atoms with Gasteiger partial charge in [-0.1, -0.05) is 35.9 Å². The first kappa shape index (κ1) is 24.8. The molecular formula is C26H19ClFN7O3. The molecule has 0 unspecified atom stereocenters. The van der Waals surface area contributed by atoms with Gasteiger partial charge in [0, 0.05) is 24.8 Å². The maximum atomic E-state index is 14.7. The molecule has 2 N–H and O–H groups in total. The average molecular weight is 532 g/mol. The second-order valence-electron chi connectivity index (χ2n) is 8.04. The molecule has 0 atom stereocenters. The molecule has 5 rings (SSSR count). The normalized spacial score (nSPS) is 10.8. The van der Waals surface area contributed by atoms with E-state index in [-0.39, 0.29) is 40.1 Å². The molecule has 0 radical (unpaired) electrons. The van der Waals surface area contributed by atoms with Crippen LogP contribution in [0.15, 0.2) is 77.3 Å². The van der Waals surface area contributed by atoms with E-state index in [0.29, 0.717) is 17.3 Å². The average Bonchev–Trinajstić information content (AvgIpc) is 3.54. The molecule has 5 aromatic rings. The minimum atomic E-state index is -0.627. The Hall–Kier alpha value is -4.90. The highest BCUT2D eigenvalue weighted by Gasteiger charge is 2.21. The van der Waals surface area contributed by atoms with E-state index in [1.54, 1.807) is 49.4 Å². The van der Waals surface area contributed by atoms with Crippen LogP contribution in [0.25, 0.3) is 16.9 Å². The van der Waals surface area contributed by atoms with Crippen LogP contribution in [0, 0.1) is 12.7 Å². The molecule has 0 aliphatic rings. The van der Waals surface area contributed by atoms with Crippen LogP contribution in [0.3, 0.4) is 0 Å². The third-order valence-electron chi connectivity index (χ3n) is 5.39. The maximum Gasteiger partial charge on any atom is 0.272 e. The van der Waals surface area contributed by atoms with Gasteiger partial charge >= 0.3 is 0 Å². The van der Waals surface area contributed by atoms with Crippen molar-refractivity contribution in [1.82, 2.24) is 30.3 Å². The summed E-state index contributed by atoms with van der Waals surface area (Å²) in [5, 5.41) is 17.2. The zero-order valence-corrected chi connectivity index (χ0v) is 20.6. The molecule has 0 saturated heterocycles. The molecule has 3 heterocycles. The molecule has 0 spiro atoms. The summed E-state index contributed by atoms with van der Waals surface area (Å²) in [5.74, 6) is -0.963. The predicted octanol–water partition coefficient (Wildman–Crippen LogP) is 4.60. The number of halogens is 2. The number of aryl methyl sites for hydroxylation is 1. The predicted molar refractivity (Wildman–Crippen MR) is 136 cm³/mol. The molecule has 2 aromatic carbocycles. The van der Waals surface area contributed by atoms with Crippen molar-refractivity contribution in [1.29, 1.82) is 0 Å². The van der Waals surface area contributed by atoms with Crippen LogP contribution in [0.2, 0.25) is 5.02 Å². The number of nitrogens with one attached hydrogen (secondary N) is 2. The first-order chi connectivity index (χ1) is 18.4. The fourth-order valence-electron chi connectivity index (χ4n) is 3.63. The Kier molecular flexibility index (Phi) is 6.92. The van der Waals surface area contributed by atoms with Gasteiger partial charge in [-0.25, -0.2) is 9.07 Å². The van der Waals surface area contributed by atoms with E-state index in [1.807, 2.05) is 6.07 Å². The summed E-state index contributed by atoms with van der Waals surface area (Å²) in [5.41, 5.74) is 1.11. The minimum absolute atomic E-state index is 0.00104. The number of para-hydroxylation sites is 1. The Morgan fingerprint density at radius 2 is 1.82 bits per heavy atom. The van der Waals surface area contributed by atoms with Crippen molar-refractivity contribution in [3.05, 3.63) is 107 Å². The Morgan fingerprint density at radius 3 is 2.53 bits per heavy atom. The molecule has 3 aromatic heterocycles. The van der Waals surface area contributed by atoms with Gasteiger partial charge in [0.25, 0.3) is 11.8 Å². The molecule has 190 valence electrons. The highest BCUT2D eigenvalue weighted by atomic mass is 35.5. The summed E-state index contributed by atoms with van der Waals surface area (Å²) in [6, 6.07) is 17.8. The number of rotatable bonds is 7. The number of hydrogen-bond acceptors (Lipinski definition) is 7. The lowest BCUT2D eigenvalue weighted by Crippen LogP contribution is -2.23. The lowest BCUT2D eigenvalue weighted by Gasteiger charge is -2.11. The third kappa shape index (κ3) is 5.27. The molecule has 12 heteroatoms. The zero-order valence-electron chi connectivity index (χ0n) is 19.9. The van der Waals surface area contributed by atoms with Crippen molar-refractivity contribution >= 4 is 29.2 Å². The van der Waals surface area contributed by atoms with Gasteiger partial charge in [0.2, 0.25) is 11.8 Å². The minimum Gasteiger partial charge on any atom is -0.424 e. The summed E-state index contributed by atoms with van der Waals surface area (Å²) in [6.45, 7) is 1.64. The van der Waals surface area contributed by atoms with Crippen molar-refractivity contribution in [2.75, 3.05) is 5.32 Å². The summed E-state index contributed by atoms with van der Waals surface area (Å²) in [4.78, 5) is 30.3. The SMILES string of the molecule is Cc1nnc(CNC(=O)c2cc(NC(=O)c3cc(-c4ccccn4)c(F)cc3Cl)n(-c3ccccc3)n2)o1. The Bertz CT molecular complexity index is 1620. The number of hydrogen-bond donors (Lipinski definition) is 2. The number of pyridine rings is 1. The van der Waals surface area contributed by atoms with Gasteiger partial charge in [-0.3, -0.25) is 14.6 Å². The second-order valence-corrected chi connectivity index (χ2v) is 8.45. The summed E-state index contributed by atoms with van der Waals surface area (Å²) < 4.78 is 21.3. The molecule has 0 aliphatic carbocycles. The Balaban J connectivity index is 1.45. The van der Waals surface area contributed by atoms with Gasteiger partial charge < -0.3 is 15.1 Å². The lowest BCUT2D eigenvalue weighted by molar-refractivity contribution is 0.0941. The maximum absolute atomic E-state index is 14.7. The summed E-state index contributed by atoms with van der Waals surface area (Å²) in [6.07, 6.45) is 1.52. The van der Waals surface area contributed by atoms with E-state index in [0.717, 1.165) is 6.07 Å². The first-order valence-electron chi connectivity index (χ1n) is 11.3. The number of anilines is 1. The number of amides is 2. The van der Waals surface area contributed by atoms with E-state index < -0.39 is 17.6 Å². The number of carbonyl (C=O) groups excluding carboxylic acids is 2. The quantitative estimate of drug-likeness (QED) is 0.314. The van der Waals surface area contributed by atoms with Gasteiger partial charge in [-0.2, -0.15) is 5.10 Å². The van der Waals surface area contributed by atoms with Crippen LogP contribution in [0.5, 0.6) is 0 Å². The number of carbonyl (C=O) groups is 2. The molecular weight excluding hydrogens is 513 g/mol. The van der Waals surface area contributed by atoms with E-state index in [1.165, 1.54) is 23.0 Å². The molecule has 10 nitrogen and oxygen atoms in total. The Morgan fingerprint density at radius 1 is 1.03 bits per heavy atom.